The molecule has 0 aliphatic rings. The van der Waals surface area contributed by atoms with Crippen molar-refractivity contribution in [2.75, 3.05) is 0 Å². The summed E-state index contributed by atoms with van der Waals surface area (Å²) in [6.45, 7) is 0.316. The van der Waals surface area contributed by atoms with Crippen LogP contribution in [0.3, 0.4) is 0 Å². The molecule has 0 atom stereocenters. The smallest absolute Gasteiger partial charge is 0.317 e. The van der Waals surface area contributed by atoms with Gasteiger partial charge in [-0.1, -0.05) is 12.1 Å². The number of benzene rings is 1. The van der Waals surface area contributed by atoms with Crippen molar-refractivity contribution < 1.29 is 9.13 Å². The Balaban J connectivity index is 1.99. The van der Waals surface area contributed by atoms with Gasteiger partial charge < -0.3 is 4.74 Å². The Labute approximate surface area is 100 Å². The molecule has 0 saturated heterocycles. The zero-order chi connectivity index (χ0) is 11.4. The maximum atomic E-state index is 12.6. The predicted octanol–water partition coefficient (Wildman–Crippen LogP) is 2.96. The van der Waals surface area contributed by atoms with Crippen molar-refractivity contribution in [3.8, 4) is 6.01 Å². The molecular weight excluding hydrogens is 275 g/mol. The number of nitrogens with zero attached hydrogens (tertiary/aromatic N) is 2. The average Bonchev–Trinajstić information content (AvgIpc) is 2.28. The molecule has 1 aromatic carbocycles. The van der Waals surface area contributed by atoms with Gasteiger partial charge >= 0.3 is 6.01 Å². The third-order valence-corrected chi connectivity index (χ3v) is 2.32. The number of hydrogen-bond donors (Lipinski definition) is 0. The minimum Gasteiger partial charge on any atom is -0.459 e. The van der Waals surface area contributed by atoms with Gasteiger partial charge in [-0.05, 0) is 39.7 Å². The summed E-state index contributed by atoms with van der Waals surface area (Å²) in [6.07, 6.45) is 1.59. The fraction of sp³-hybridized carbons (Fsp3) is 0.0909. The van der Waals surface area contributed by atoms with Crippen LogP contribution in [0.4, 0.5) is 4.39 Å². The molecule has 3 nitrogen and oxygen atoms in total. The van der Waals surface area contributed by atoms with Crippen LogP contribution in [0.15, 0.2) is 41.1 Å². The van der Waals surface area contributed by atoms with E-state index in [2.05, 4.69) is 25.9 Å². The molecule has 1 heterocycles. The van der Waals surface area contributed by atoms with E-state index in [0.717, 1.165) is 5.56 Å². The minimum absolute atomic E-state index is 0.262. The molecule has 0 aliphatic heterocycles. The van der Waals surface area contributed by atoms with E-state index in [1.165, 1.54) is 12.1 Å². The molecule has 0 aliphatic carbocycles. The van der Waals surface area contributed by atoms with E-state index in [-0.39, 0.29) is 5.82 Å². The first-order chi connectivity index (χ1) is 7.74. The van der Waals surface area contributed by atoms with E-state index in [0.29, 0.717) is 17.2 Å². The molecule has 1 aromatic heterocycles. The third-order valence-electron chi connectivity index (χ3n) is 1.88. The first-order valence-corrected chi connectivity index (χ1v) is 5.39. The summed E-state index contributed by atoms with van der Waals surface area (Å²) in [4.78, 5) is 7.95. The molecule has 5 heteroatoms. The molecule has 0 spiro atoms. The number of aromatic nitrogens is 2. The molecule has 2 aromatic rings. The highest BCUT2D eigenvalue weighted by atomic mass is 79.9. The Bertz CT molecular complexity index is 476. The lowest BCUT2D eigenvalue weighted by Gasteiger charge is -2.03. The number of rotatable bonds is 3. The SMILES string of the molecule is Fc1ccc(COc2nccc(Br)n2)cc1. The maximum absolute atomic E-state index is 12.6. The van der Waals surface area contributed by atoms with Crippen LogP contribution in [0, 0.1) is 5.82 Å². The molecule has 0 saturated carbocycles. The van der Waals surface area contributed by atoms with Gasteiger partial charge in [0, 0.05) is 6.20 Å². The topological polar surface area (TPSA) is 35.0 Å². The van der Waals surface area contributed by atoms with Crippen LogP contribution in [0.25, 0.3) is 0 Å². The van der Waals surface area contributed by atoms with E-state index in [4.69, 9.17) is 4.74 Å². The molecule has 0 bridgehead atoms. The highest BCUT2D eigenvalue weighted by molar-refractivity contribution is 9.10. The van der Waals surface area contributed by atoms with E-state index < -0.39 is 0 Å². The lowest BCUT2D eigenvalue weighted by atomic mass is 10.2. The van der Waals surface area contributed by atoms with Crippen molar-refractivity contribution in [3.63, 3.8) is 0 Å². The van der Waals surface area contributed by atoms with Crippen molar-refractivity contribution in [1.29, 1.82) is 0 Å². The van der Waals surface area contributed by atoms with Gasteiger partial charge in [0.2, 0.25) is 0 Å². The minimum atomic E-state index is -0.262. The summed E-state index contributed by atoms with van der Waals surface area (Å²) in [6, 6.07) is 8.10. The third kappa shape index (κ3) is 3.00. The quantitative estimate of drug-likeness (QED) is 0.812. The first kappa shape index (κ1) is 11.0. The summed E-state index contributed by atoms with van der Waals surface area (Å²) in [7, 11) is 0. The Kier molecular flexibility index (Phi) is 3.46. The second-order valence-electron chi connectivity index (χ2n) is 3.08. The standard InChI is InChI=1S/C11H8BrFN2O/c12-10-5-6-14-11(15-10)16-7-8-1-3-9(13)4-2-8/h1-6H,7H2. The van der Waals surface area contributed by atoms with Crippen molar-refractivity contribution in [2.24, 2.45) is 0 Å². The molecule has 0 unspecified atom stereocenters. The summed E-state index contributed by atoms with van der Waals surface area (Å²) in [5.74, 6) is -0.262. The predicted molar refractivity (Wildman–Crippen MR) is 60.5 cm³/mol. The van der Waals surface area contributed by atoms with Gasteiger partial charge in [0.15, 0.2) is 0 Å². The Morgan fingerprint density at radius 2 is 1.94 bits per heavy atom. The van der Waals surface area contributed by atoms with Crippen molar-refractivity contribution in [3.05, 3.63) is 52.5 Å². The zero-order valence-electron chi connectivity index (χ0n) is 8.23. The monoisotopic (exact) mass is 282 g/mol. The van der Waals surface area contributed by atoms with Gasteiger partial charge in [-0.25, -0.2) is 9.37 Å². The van der Waals surface area contributed by atoms with Crippen LogP contribution in [0.2, 0.25) is 0 Å². The van der Waals surface area contributed by atoms with Gasteiger partial charge in [0.05, 0.1) is 0 Å². The van der Waals surface area contributed by atoms with Crippen LogP contribution >= 0.6 is 15.9 Å². The van der Waals surface area contributed by atoms with Crippen molar-refractivity contribution in [2.45, 2.75) is 6.61 Å². The second-order valence-corrected chi connectivity index (χ2v) is 3.89. The largest absolute Gasteiger partial charge is 0.459 e. The Hall–Kier alpha value is -1.49. The molecule has 0 N–H and O–H groups in total. The fourth-order valence-corrected chi connectivity index (χ4v) is 1.39. The van der Waals surface area contributed by atoms with Crippen LogP contribution in [-0.2, 0) is 6.61 Å². The molecule has 16 heavy (non-hydrogen) atoms. The van der Waals surface area contributed by atoms with Crippen LogP contribution in [0.5, 0.6) is 6.01 Å². The Morgan fingerprint density at radius 1 is 1.19 bits per heavy atom. The van der Waals surface area contributed by atoms with Gasteiger partial charge in [-0.3, -0.25) is 0 Å². The van der Waals surface area contributed by atoms with E-state index >= 15 is 0 Å². The molecule has 2 rings (SSSR count). The first-order valence-electron chi connectivity index (χ1n) is 4.60. The van der Waals surface area contributed by atoms with Gasteiger partial charge in [-0.2, -0.15) is 4.98 Å². The van der Waals surface area contributed by atoms with E-state index in [1.807, 2.05) is 0 Å². The fourth-order valence-electron chi connectivity index (χ4n) is 1.12. The van der Waals surface area contributed by atoms with Crippen molar-refractivity contribution in [1.82, 2.24) is 9.97 Å². The summed E-state index contributed by atoms with van der Waals surface area (Å²) in [5.41, 5.74) is 0.866. The second kappa shape index (κ2) is 5.03. The highest BCUT2D eigenvalue weighted by Gasteiger charge is 1.99. The number of halogens is 2. The average molecular weight is 283 g/mol. The Morgan fingerprint density at radius 3 is 2.62 bits per heavy atom. The van der Waals surface area contributed by atoms with E-state index in [1.54, 1.807) is 24.4 Å². The lowest BCUT2D eigenvalue weighted by molar-refractivity contribution is 0.280. The van der Waals surface area contributed by atoms with Gasteiger partial charge in [0.1, 0.15) is 17.0 Å². The molecular formula is C11H8BrFN2O. The number of hydrogen-bond acceptors (Lipinski definition) is 3. The van der Waals surface area contributed by atoms with Crippen molar-refractivity contribution >= 4 is 15.9 Å². The van der Waals surface area contributed by atoms with Gasteiger partial charge in [-0.15, -0.1) is 0 Å². The lowest BCUT2D eigenvalue weighted by Crippen LogP contribution is -1.99. The molecule has 82 valence electrons. The highest BCUT2D eigenvalue weighted by Crippen LogP contribution is 2.11. The molecule has 0 fully saturated rings. The van der Waals surface area contributed by atoms with Gasteiger partial charge in [0.25, 0.3) is 0 Å². The molecule has 0 amide bonds. The van der Waals surface area contributed by atoms with Crippen LogP contribution in [-0.4, -0.2) is 9.97 Å². The summed E-state index contributed by atoms with van der Waals surface area (Å²) in [5, 5.41) is 0. The zero-order valence-corrected chi connectivity index (χ0v) is 9.82. The number of ether oxygens (including phenoxy) is 1. The summed E-state index contributed by atoms with van der Waals surface area (Å²) >= 11 is 3.22. The maximum Gasteiger partial charge on any atom is 0.317 e. The summed E-state index contributed by atoms with van der Waals surface area (Å²) < 4.78 is 18.6. The normalized spacial score (nSPS) is 10.1. The van der Waals surface area contributed by atoms with Crippen LogP contribution < -0.4 is 4.74 Å². The van der Waals surface area contributed by atoms with Crippen LogP contribution in [0.1, 0.15) is 5.56 Å². The van der Waals surface area contributed by atoms with E-state index in [9.17, 15) is 4.39 Å². The molecule has 0 radical (unpaired) electrons.